The molecule has 0 aliphatic heterocycles. The first kappa shape index (κ1) is 25.6. The number of ether oxygens (including phenoxy) is 2. The molecule has 34 heavy (non-hydrogen) atoms. The molecule has 12 nitrogen and oxygen atoms in total. The van der Waals surface area contributed by atoms with Gasteiger partial charge in [-0.3, -0.25) is 4.79 Å². The average Bonchev–Trinajstić information content (AvgIpc) is 2.82. The van der Waals surface area contributed by atoms with Gasteiger partial charge >= 0.3 is 0 Å². The summed E-state index contributed by atoms with van der Waals surface area (Å²) in [6.07, 6.45) is 3.35. The van der Waals surface area contributed by atoms with Gasteiger partial charge in [-0.1, -0.05) is 6.07 Å². The van der Waals surface area contributed by atoms with Crippen LogP contribution in [0, 0.1) is 0 Å². The van der Waals surface area contributed by atoms with Gasteiger partial charge in [-0.15, -0.1) is 0 Å². The van der Waals surface area contributed by atoms with Crippen LogP contribution in [0.15, 0.2) is 24.3 Å². The van der Waals surface area contributed by atoms with Gasteiger partial charge in [0.05, 0.1) is 33.0 Å². The number of nitrogens with zero attached hydrogens (tertiary/aromatic N) is 3. The van der Waals surface area contributed by atoms with Crippen LogP contribution in [-0.4, -0.2) is 84.7 Å². The zero-order chi connectivity index (χ0) is 24.0. The van der Waals surface area contributed by atoms with E-state index >= 15 is 0 Å². The Kier molecular flexibility index (Phi) is 10.7. The molecule has 1 aliphatic rings. The lowest BCUT2D eigenvalue weighted by atomic mass is 9.93. The Morgan fingerprint density at radius 2 is 1.79 bits per heavy atom. The largest absolute Gasteiger partial charge is 0.395 e. The lowest BCUT2D eigenvalue weighted by Gasteiger charge is -2.26. The number of amides is 1. The lowest BCUT2D eigenvalue weighted by Crippen LogP contribution is -2.28. The second kappa shape index (κ2) is 14.3. The number of aromatic nitrogens is 3. The molecule has 186 valence electrons. The molecular weight excluding hydrogens is 440 g/mol. The van der Waals surface area contributed by atoms with Crippen molar-refractivity contribution in [3.63, 3.8) is 0 Å². The van der Waals surface area contributed by atoms with E-state index in [2.05, 4.69) is 36.2 Å². The molecule has 0 bridgehead atoms. The van der Waals surface area contributed by atoms with E-state index in [1.165, 1.54) is 6.42 Å². The van der Waals surface area contributed by atoms with Gasteiger partial charge < -0.3 is 41.6 Å². The van der Waals surface area contributed by atoms with Crippen LogP contribution in [0.4, 0.5) is 23.5 Å². The number of rotatable bonds is 16. The zero-order valence-electron chi connectivity index (χ0n) is 19.3. The maximum Gasteiger partial charge on any atom is 0.251 e. The van der Waals surface area contributed by atoms with Gasteiger partial charge in [0.15, 0.2) is 0 Å². The van der Waals surface area contributed by atoms with E-state index < -0.39 is 0 Å². The molecule has 1 fully saturated rings. The molecule has 1 heterocycles. The van der Waals surface area contributed by atoms with Crippen LogP contribution in [0.3, 0.4) is 0 Å². The smallest absolute Gasteiger partial charge is 0.251 e. The Morgan fingerprint density at radius 1 is 1.03 bits per heavy atom. The van der Waals surface area contributed by atoms with E-state index in [1.54, 1.807) is 18.2 Å². The molecule has 0 atom stereocenters. The van der Waals surface area contributed by atoms with Crippen LogP contribution in [0.2, 0.25) is 0 Å². The van der Waals surface area contributed by atoms with Crippen LogP contribution < -0.4 is 27.0 Å². The fraction of sp³-hybridized carbons (Fsp3) is 0.545. The Bertz CT molecular complexity index is 897. The molecule has 0 saturated heterocycles. The summed E-state index contributed by atoms with van der Waals surface area (Å²) >= 11 is 0. The summed E-state index contributed by atoms with van der Waals surface area (Å²) in [6, 6.07) is 7.41. The van der Waals surface area contributed by atoms with E-state index in [-0.39, 0.29) is 12.5 Å². The molecule has 1 amide bonds. The molecule has 1 saturated carbocycles. The highest BCUT2D eigenvalue weighted by atomic mass is 16.5. The Morgan fingerprint density at radius 3 is 2.53 bits per heavy atom. The predicted octanol–water partition coefficient (Wildman–Crippen LogP) is 0.706. The van der Waals surface area contributed by atoms with Gasteiger partial charge in [0.25, 0.3) is 5.91 Å². The van der Waals surface area contributed by atoms with Crippen molar-refractivity contribution in [2.24, 2.45) is 5.73 Å². The van der Waals surface area contributed by atoms with Gasteiger partial charge in [0.2, 0.25) is 17.8 Å². The normalized spacial score (nSPS) is 13.2. The molecule has 0 unspecified atom stereocenters. The maximum atomic E-state index is 12.5. The van der Waals surface area contributed by atoms with E-state index in [0.717, 1.165) is 12.8 Å². The number of aliphatic hydroxyl groups is 1. The van der Waals surface area contributed by atoms with E-state index in [4.69, 9.17) is 20.3 Å². The number of benzene rings is 1. The van der Waals surface area contributed by atoms with E-state index in [9.17, 15) is 4.79 Å². The first-order chi connectivity index (χ1) is 16.7. The number of aliphatic hydroxyl groups excluding tert-OH is 1. The standard InChI is InChI=1S/C22H34N8O4/c23-7-11-33-13-14-34-12-9-24-19(32)16-3-1-6-18(15-16)27-22-29-20(25-8-10-31)28-21(30-22)26-17-4-2-5-17/h1,3,6,15,17,31H,2,4-5,7-14,23H2,(H,24,32)(H3,25,26,27,28,29,30). The number of anilines is 4. The Balaban J connectivity index is 1.54. The van der Waals surface area contributed by atoms with Gasteiger partial charge in [0.1, 0.15) is 0 Å². The second-order valence-corrected chi connectivity index (χ2v) is 7.70. The van der Waals surface area contributed by atoms with Crippen LogP contribution >= 0.6 is 0 Å². The van der Waals surface area contributed by atoms with Gasteiger partial charge in [-0.25, -0.2) is 0 Å². The van der Waals surface area contributed by atoms with Gasteiger partial charge in [-0.2, -0.15) is 15.0 Å². The third kappa shape index (κ3) is 8.71. The monoisotopic (exact) mass is 474 g/mol. The molecule has 0 spiro atoms. The zero-order valence-corrected chi connectivity index (χ0v) is 19.3. The van der Waals surface area contributed by atoms with Crippen molar-refractivity contribution in [2.45, 2.75) is 25.3 Å². The van der Waals surface area contributed by atoms with Gasteiger partial charge in [0, 0.05) is 36.9 Å². The number of nitrogens with two attached hydrogens (primary N) is 1. The minimum Gasteiger partial charge on any atom is -0.395 e. The quantitative estimate of drug-likeness (QED) is 0.189. The summed E-state index contributed by atoms with van der Waals surface area (Å²) < 4.78 is 10.6. The first-order valence-corrected chi connectivity index (χ1v) is 11.6. The minimum atomic E-state index is -0.208. The molecule has 1 aromatic heterocycles. The highest BCUT2D eigenvalue weighted by molar-refractivity contribution is 5.95. The average molecular weight is 475 g/mol. The van der Waals surface area contributed by atoms with Crippen LogP contribution in [0.25, 0.3) is 0 Å². The fourth-order valence-corrected chi connectivity index (χ4v) is 3.09. The van der Waals surface area contributed by atoms with Crippen LogP contribution in [0.5, 0.6) is 0 Å². The summed E-state index contributed by atoms with van der Waals surface area (Å²) in [5.41, 5.74) is 6.51. The van der Waals surface area contributed by atoms with E-state index in [0.29, 0.717) is 81.2 Å². The Labute approximate surface area is 199 Å². The van der Waals surface area contributed by atoms with Crippen molar-refractivity contribution < 1.29 is 19.4 Å². The molecule has 7 N–H and O–H groups in total. The number of hydrogen-bond donors (Lipinski definition) is 6. The second-order valence-electron chi connectivity index (χ2n) is 7.70. The summed E-state index contributed by atoms with van der Waals surface area (Å²) in [4.78, 5) is 25.7. The Hall–Kier alpha value is -3.06. The van der Waals surface area contributed by atoms with Gasteiger partial charge in [-0.05, 0) is 37.5 Å². The third-order valence-corrected chi connectivity index (χ3v) is 5.02. The summed E-state index contributed by atoms with van der Waals surface area (Å²) in [7, 11) is 0. The lowest BCUT2D eigenvalue weighted by molar-refractivity contribution is 0.0511. The highest BCUT2D eigenvalue weighted by Crippen LogP contribution is 2.23. The number of hydrogen-bond acceptors (Lipinski definition) is 11. The highest BCUT2D eigenvalue weighted by Gasteiger charge is 2.19. The van der Waals surface area contributed by atoms with Crippen LogP contribution in [0.1, 0.15) is 29.6 Å². The molecule has 2 aromatic rings. The fourth-order valence-electron chi connectivity index (χ4n) is 3.09. The first-order valence-electron chi connectivity index (χ1n) is 11.6. The molecule has 0 radical (unpaired) electrons. The van der Waals surface area contributed by atoms with Crippen molar-refractivity contribution in [1.29, 1.82) is 0 Å². The number of nitrogens with one attached hydrogen (secondary N) is 4. The molecule has 1 aromatic carbocycles. The molecule has 3 rings (SSSR count). The van der Waals surface area contributed by atoms with Crippen molar-refractivity contribution in [3.8, 4) is 0 Å². The number of carbonyl (C=O) groups excluding carboxylic acids is 1. The molecule has 12 heteroatoms. The topological polar surface area (TPSA) is 169 Å². The molecule has 1 aliphatic carbocycles. The van der Waals surface area contributed by atoms with Crippen LogP contribution in [-0.2, 0) is 9.47 Å². The minimum absolute atomic E-state index is 0.0376. The summed E-state index contributed by atoms with van der Waals surface area (Å²) in [5.74, 6) is 0.945. The SMILES string of the molecule is NCCOCCOCCNC(=O)c1cccc(Nc2nc(NCCO)nc(NC3CCC3)n2)c1. The number of carbonyl (C=O) groups is 1. The van der Waals surface area contributed by atoms with Crippen molar-refractivity contribution >= 4 is 29.4 Å². The van der Waals surface area contributed by atoms with Crippen molar-refractivity contribution in [3.05, 3.63) is 29.8 Å². The van der Waals surface area contributed by atoms with Crippen molar-refractivity contribution in [1.82, 2.24) is 20.3 Å². The van der Waals surface area contributed by atoms with Crippen molar-refractivity contribution in [2.75, 3.05) is 68.6 Å². The molecular formula is C22H34N8O4. The summed E-state index contributed by atoms with van der Waals surface area (Å²) in [5, 5.41) is 21.3. The third-order valence-electron chi connectivity index (χ3n) is 5.02. The maximum absolute atomic E-state index is 12.5. The summed E-state index contributed by atoms with van der Waals surface area (Å²) in [6.45, 7) is 2.98. The van der Waals surface area contributed by atoms with E-state index in [1.807, 2.05) is 6.07 Å². The predicted molar refractivity (Wildman–Crippen MR) is 129 cm³/mol.